The quantitative estimate of drug-likeness (QED) is 0.295. The minimum absolute atomic E-state index is 0.00508. The maximum absolute atomic E-state index is 13.5. The molecule has 0 aromatic heterocycles. The van der Waals surface area contributed by atoms with Crippen LogP contribution < -0.4 is 4.74 Å². The Morgan fingerprint density at radius 2 is 2.11 bits per heavy atom. The Bertz CT molecular complexity index is 1070. The number of methoxy groups -OCH3 is 1. The second kappa shape index (κ2) is 11.9. The van der Waals surface area contributed by atoms with Crippen molar-refractivity contribution in [3.63, 3.8) is 0 Å². The lowest BCUT2D eigenvalue weighted by Crippen LogP contribution is -2.46. The number of rotatable bonds is 5. The summed E-state index contributed by atoms with van der Waals surface area (Å²) < 4.78 is 11.2. The van der Waals surface area contributed by atoms with Crippen LogP contribution in [0.2, 0.25) is 0 Å². The van der Waals surface area contributed by atoms with Crippen LogP contribution in [0.1, 0.15) is 51.0 Å². The van der Waals surface area contributed by atoms with Gasteiger partial charge in [0.15, 0.2) is 11.5 Å². The van der Waals surface area contributed by atoms with Crippen molar-refractivity contribution >= 4 is 39.6 Å². The van der Waals surface area contributed by atoms with Crippen molar-refractivity contribution in [2.24, 2.45) is 22.2 Å². The summed E-state index contributed by atoms with van der Waals surface area (Å²) in [5, 5.41) is 10.0. The summed E-state index contributed by atoms with van der Waals surface area (Å²) in [7, 11) is 5.09. The molecular weight excluding hydrogens is 494 g/mol. The summed E-state index contributed by atoms with van der Waals surface area (Å²) in [4.78, 5) is 30.2. The monoisotopic (exact) mass is 529 g/mol. The molecule has 1 fully saturated rings. The number of hydrogen-bond donors (Lipinski definition) is 1. The number of aromatic hydroxyl groups is 1. The van der Waals surface area contributed by atoms with Gasteiger partial charge in [0, 0.05) is 54.7 Å². The van der Waals surface area contributed by atoms with Crippen molar-refractivity contribution in [2.75, 3.05) is 25.2 Å². The number of hydrogen-bond acceptors (Lipinski definition) is 8. The molecule has 1 aliphatic carbocycles. The van der Waals surface area contributed by atoms with E-state index in [2.05, 4.69) is 30.1 Å². The van der Waals surface area contributed by atoms with Crippen molar-refractivity contribution in [1.29, 1.82) is 0 Å². The lowest BCUT2D eigenvalue weighted by molar-refractivity contribution is -0.153. The summed E-state index contributed by atoms with van der Waals surface area (Å²) >= 11 is 0. The molecule has 2 aliphatic heterocycles. The maximum Gasteiger partial charge on any atom is 0.302 e. The molecule has 0 unspecified atom stereocenters. The van der Waals surface area contributed by atoms with E-state index < -0.39 is 6.10 Å². The molecule has 2 heterocycles. The first-order valence-corrected chi connectivity index (χ1v) is 15.0. The third-order valence-corrected chi connectivity index (χ3v) is 10.1. The number of ether oxygens (including phenoxy) is 2. The molecule has 0 bridgehead atoms. The Morgan fingerprint density at radius 3 is 2.81 bits per heavy atom. The first-order chi connectivity index (χ1) is 17.4. The van der Waals surface area contributed by atoms with E-state index >= 15 is 0 Å². The number of allylic oxidation sites excluding steroid dienone is 3. The van der Waals surface area contributed by atoms with Crippen molar-refractivity contribution < 1.29 is 24.2 Å². The van der Waals surface area contributed by atoms with Crippen LogP contribution in [0.3, 0.4) is 0 Å². The Balaban J connectivity index is 1.71. The van der Waals surface area contributed by atoms with Crippen LogP contribution in [0, 0.1) is 17.3 Å². The number of nitrogens with zero attached hydrogens (tertiary/aromatic N) is 1. The second-order valence-corrected chi connectivity index (χ2v) is 12.3. The molecule has 194 valence electrons. The molecule has 0 amide bonds. The van der Waals surface area contributed by atoms with Gasteiger partial charge in [-0.2, -0.15) is 0 Å². The van der Waals surface area contributed by atoms with E-state index in [4.69, 9.17) is 9.47 Å². The molecule has 1 N–H and O–H groups in total. The van der Waals surface area contributed by atoms with Crippen LogP contribution in [0.25, 0.3) is 0 Å². The van der Waals surface area contributed by atoms with Crippen molar-refractivity contribution in [3.05, 3.63) is 47.6 Å². The zero-order valence-electron chi connectivity index (χ0n) is 21.1. The van der Waals surface area contributed by atoms with Crippen LogP contribution in [-0.2, 0) is 14.3 Å². The highest BCUT2D eigenvalue weighted by Gasteiger charge is 2.48. The zero-order valence-corrected chi connectivity index (χ0v) is 22.8. The SMILES string of the molecule is CC[C@H]1C=C[C@@]2(C3=CCN=C3)CSSC[C@H](c3ccc(O)c(OC)c3)CC(=O)C[C@H](OC(C)=O)[C@@H]2C1. The van der Waals surface area contributed by atoms with Crippen LogP contribution >= 0.6 is 21.6 Å². The molecule has 1 aromatic carbocycles. The van der Waals surface area contributed by atoms with Gasteiger partial charge in [-0.3, -0.25) is 14.6 Å². The predicted octanol–water partition coefficient (Wildman–Crippen LogP) is 5.76. The number of phenolic OH excluding ortho intramolecular Hbond substituents is 1. The van der Waals surface area contributed by atoms with E-state index in [0.29, 0.717) is 24.6 Å². The number of Topliss-reactive ketones (excluding diaryl/α,β-unsaturated/α-hetero) is 1. The number of carbonyl (C=O) groups excluding carboxylic acids is 2. The summed E-state index contributed by atoms with van der Waals surface area (Å²) in [5.74, 6) is 2.11. The van der Waals surface area contributed by atoms with Crippen molar-refractivity contribution in [3.8, 4) is 11.5 Å². The highest BCUT2D eigenvalue weighted by molar-refractivity contribution is 8.76. The van der Waals surface area contributed by atoms with E-state index in [1.807, 2.05) is 18.3 Å². The maximum atomic E-state index is 13.5. The number of fused-ring (bicyclic) bond motifs is 1. The average molecular weight is 530 g/mol. The molecule has 36 heavy (non-hydrogen) atoms. The Kier molecular flexibility index (Phi) is 8.88. The van der Waals surface area contributed by atoms with Gasteiger partial charge in [-0.05, 0) is 42.0 Å². The fourth-order valence-corrected chi connectivity index (χ4v) is 8.54. The average Bonchev–Trinajstić information content (AvgIpc) is 3.40. The number of carbonyl (C=O) groups is 2. The van der Waals surface area contributed by atoms with E-state index in [1.54, 1.807) is 27.7 Å². The van der Waals surface area contributed by atoms with E-state index in [9.17, 15) is 14.7 Å². The molecular formula is C28H35NO5S2. The smallest absolute Gasteiger partial charge is 0.302 e. The number of benzene rings is 1. The van der Waals surface area contributed by atoms with Crippen molar-refractivity contribution in [1.82, 2.24) is 0 Å². The minimum Gasteiger partial charge on any atom is -0.504 e. The summed E-state index contributed by atoms with van der Waals surface area (Å²) in [6, 6.07) is 5.30. The molecule has 5 atom stereocenters. The summed E-state index contributed by atoms with van der Waals surface area (Å²) in [6.07, 6.45) is 10.7. The highest BCUT2D eigenvalue weighted by atomic mass is 33.1. The molecule has 8 heteroatoms. The molecule has 1 aromatic rings. The van der Waals surface area contributed by atoms with E-state index in [1.165, 1.54) is 14.0 Å². The summed E-state index contributed by atoms with van der Waals surface area (Å²) in [6.45, 7) is 4.27. The van der Waals surface area contributed by atoms with Crippen LogP contribution in [0.15, 0.2) is 47.0 Å². The summed E-state index contributed by atoms with van der Waals surface area (Å²) in [5.41, 5.74) is 1.78. The van der Waals surface area contributed by atoms with E-state index in [0.717, 1.165) is 35.5 Å². The van der Waals surface area contributed by atoms with Gasteiger partial charge in [-0.15, -0.1) is 0 Å². The molecule has 0 spiro atoms. The van der Waals surface area contributed by atoms with Gasteiger partial charge in [0.2, 0.25) is 0 Å². The number of phenols is 1. The van der Waals surface area contributed by atoms with E-state index in [-0.39, 0.29) is 41.2 Å². The standard InChI is InChI=1S/C28H35NO5S2/c1-4-19-7-9-28(22-8-10-29-15-22)17-36-35-16-21(20-5-6-25(32)27(13-20)33-3)12-23(31)14-26(24(28)11-19)34-18(2)30/h5-9,13,15,19,21,24,26,32H,4,10-12,14,16-17H2,1-3H3/t19-,21+,24-,26-,28-/m0/s1. The van der Waals surface area contributed by atoms with Crippen molar-refractivity contribution in [2.45, 2.75) is 51.6 Å². The third-order valence-electron chi connectivity index (χ3n) is 7.59. The molecule has 0 radical (unpaired) electrons. The molecule has 4 rings (SSSR count). The van der Waals surface area contributed by atoms with Gasteiger partial charge in [0.1, 0.15) is 11.9 Å². The molecule has 1 saturated heterocycles. The zero-order chi connectivity index (χ0) is 25.7. The molecule has 3 aliphatic rings. The highest BCUT2D eigenvalue weighted by Crippen LogP contribution is 2.52. The normalized spacial score (nSPS) is 30.8. The van der Waals surface area contributed by atoms with Crippen LogP contribution in [-0.4, -0.2) is 54.3 Å². The number of aliphatic imine (C=N–C) groups is 1. The fraction of sp³-hybridized carbons (Fsp3) is 0.536. The number of esters is 1. The first-order valence-electron chi connectivity index (χ1n) is 12.6. The Labute approximate surface area is 221 Å². The first kappa shape index (κ1) is 26.9. The predicted molar refractivity (Wildman–Crippen MR) is 147 cm³/mol. The van der Waals surface area contributed by atoms with Crippen LogP contribution in [0.4, 0.5) is 0 Å². The lowest BCUT2D eigenvalue weighted by atomic mass is 9.61. The van der Waals surface area contributed by atoms with Gasteiger partial charge < -0.3 is 14.6 Å². The third kappa shape index (κ3) is 5.86. The Hall–Kier alpha value is -2.19. The fourth-order valence-electron chi connectivity index (χ4n) is 5.60. The topological polar surface area (TPSA) is 85.2 Å². The molecule has 6 nitrogen and oxygen atoms in total. The van der Waals surface area contributed by atoms with Gasteiger partial charge in [0.05, 0.1) is 13.7 Å². The lowest BCUT2D eigenvalue weighted by Gasteiger charge is -2.46. The number of ketones is 1. The van der Waals surface area contributed by atoms with Gasteiger partial charge in [-0.1, -0.05) is 52.8 Å². The minimum atomic E-state index is -0.498. The van der Waals surface area contributed by atoms with Gasteiger partial charge in [0.25, 0.3) is 0 Å². The Morgan fingerprint density at radius 1 is 1.28 bits per heavy atom. The largest absolute Gasteiger partial charge is 0.504 e. The second-order valence-electron chi connectivity index (χ2n) is 9.83. The van der Waals surface area contributed by atoms with Gasteiger partial charge in [-0.25, -0.2) is 0 Å². The molecule has 0 saturated carbocycles. The van der Waals surface area contributed by atoms with Crippen LogP contribution in [0.5, 0.6) is 11.5 Å². The van der Waals surface area contributed by atoms with Gasteiger partial charge >= 0.3 is 5.97 Å².